The summed E-state index contributed by atoms with van der Waals surface area (Å²) >= 11 is 0. The molecule has 2 N–H and O–H groups in total. The van der Waals surface area contributed by atoms with Gasteiger partial charge >= 0.3 is 5.97 Å². The third-order valence-electron chi connectivity index (χ3n) is 2.63. The number of likely N-dealkylation sites (N-methyl/N-ethyl adjacent to an activating group) is 1. The molecule has 0 aliphatic heterocycles. The smallest absolute Gasteiger partial charge is 0.321 e. The van der Waals surface area contributed by atoms with Gasteiger partial charge in [-0.05, 0) is 44.5 Å². The molecule has 4 heteroatoms. The lowest BCUT2D eigenvalue weighted by atomic mass is 10.0. The van der Waals surface area contributed by atoms with Crippen molar-refractivity contribution in [3.05, 3.63) is 29.3 Å². The third kappa shape index (κ3) is 3.75. The normalized spacial score (nSPS) is 12.2. The lowest BCUT2D eigenvalue weighted by Gasteiger charge is -2.13. The molecule has 1 unspecified atom stereocenters. The Hall–Kier alpha value is -1.55. The first-order valence-corrected chi connectivity index (χ1v) is 5.70. The minimum absolute atomic E-state index is 0.471. The number of carboxylic acids is 1. The van der Waals surface area contributed by atoms with Crippen LogP contribution in [0.2, 0.25) is 0 Å². The van der Waals surface area contributed by atoms with Gasteiger partial charge in [0.05, 0.1) is 6.61 Å². The monoisotopic (exact) mass is 237 g/mol. The number of hydrogen-bond donors (Lipinski definition) is 2. The van der Waals surface area contributed by atoms with Gasteiger partial charge in [-0.3, -0.25) is 4.79 Å². The van der Waals surface area contributed by atoms with Crippen LogP contribution < -0.4 is 10.1 Å². The van der Waals surface area contributed by atoms with E-state index in [9.17, 15) is 4.79 Å². The highest BCUT2D eigenvalue weighted by molar-refractivity contribution is 5.73. The number of aliphatic carboxylic acids is 1. The Kier molecular flexibility index (Phi) is 4.97. The number of carbonyl (C=O) groups is 1. The van der Waals surface area contributed by atoms with Crippen LogP contribution in [0.3, 0.4) is 0 Å². The van der Waals surface area contributed by atoms with Crippen LogP contribution in [0.5, 0.6) is 5.75 Å². The van der Waals surface area contributed by atoms with Gasteiger partial charge in [0.2, 0.25) is 0 Å². The molecule has 1 aromatic rings. The second-order valence-corrected chi connectivity index (χ2v) is 3.92. The summed E-state index contributed by atoms with van der Waals surface area (Å²) in [6, 6.07) is 5.22. The Bertz CT molecular complexity index is 390. The van der Waals surface area contributed by atoms with E-state index in [0.29, 0.717) is 13.0 Å². The van der Waals surface area contributed by atoms with Crippen molar-refractivity contribution >= 4 is 5.97 Å². The topological polar surface area (TPSA) is 58.6 Å². The molecule has 0 spiro atoms. The maximum Gasteiger partial charge on any atom is 0.321 e. The zero-order chi connectivity index (χ0) is 12.8. The van der Waals surface area contributed by atoms with Crippen LogP contribution in [0.4, 0.5) is 0 Å². The van der Waals surface area contributed by atoms with Crippen LogP contribution in [0.25, 0.3) is 0 Å². The standard InChI is InChI=1S/C13H19NO3/c1-4-17-12-6-5-10(7-9(12)2)8-11(14-3)13(15)16/h5-7,11,14H,4,8H2,1-3H3,(H,15,16). The molecule has 0 saturated carbocycles. The Morgan fingerprint density at radius 2 is 2.24 bits per heavy atom. The largest absolute Gasteiger partial charge is 0.494 e. The molecule has 0 saturated heterocycles. The Morgan fingerprint density at radius 1 is 1.53 bits per heavy atom. The Morgan fingerprint density at radius 3 is 2.71 bits per heavy atom. The molecule has 0 bridgehead atoms. The lowest BCUT2D eigenvalue weighted by Crippen LogP contribution is -2.35. The summed E-state index contributed by atoms with van der Waals surface area (Å²) in [6.07, 6.45) is 0.471. The molecular formula is C13H19NO3. The number of nitrogens with one attached hydrogen (secondary N) is 1. The third-order valence-corrected chi connectivity index (χ3v) is 2.63. The van der Waals surface area contributed by atoms with Crippen molar-refractivity contribution in [1.29, 1.82) is 0 Å². The first kappa shape index (κ1) is 13.5. The van der Waals surface area contributed by atoms with Crippen molar-refractivity contribution in [2.75, 3.05) is 13.7 Å². The van der Waals surface area contributed by atoms with Gasteiger partial charge in [0.15, 0.2) is 0 Å². The van der Waals surface area contributed by atoms with Gasteiger partial charge < -0.3 is 15.2 Å². The van der Waals surface area contributed by atoms with Crippen molar-refractivity contribution in [2.45, 2.75) is 26.3 Å². The van der Waals surface area contributed by atoms with E-state index in [0.717, 1.165) is 16.9 Å². The molecule has 1 aromatic carbocycles. The van der Waals surface area contributed by atoms with Gasteiger partial charge in [-0.2, -0.15) is 0 Å². The van der Waals surface area contributed by atoms with Crippen molar-refractivity contribution in [1.82, 2.24) is 5.32 Å². The molecule has 4 nitrogen and oxygen atoms in total. The first-order valence-electron chi connectivity index (χ1n) is 5.70. The van der Waals surface area contributed by atoms with E-state index in [1.165, 1.54) is 0 Å². The van der Waals surface area contributed by atoms with Crippen LogP contribution in [-0.2, 0) is 11.2 Å². The summed E-state index contributed by atoms with van der Waals surface area (Å²) in [5.74, 6) is 0.0200. The van der Waals surface area contributed by atoms with Crippen molar-refractivity contribution < 1.29 is 14.6 Å². The zero-order valence-corrected chi connectivity index (χ0v) is 10.5. The number of hydrogen-bond acceptors (Lipinski definition) is 3. The quantitative estimate of drug-likeness (QED) is 0.789. The average Bonchev–Trinajstić information content (AvgIpc) is 2.29. The average molecular weight is 237 g/mol. The fourth-order valence-corrected chi connectivity index (χ4v) is 1.70. The van der Waals surface area contributed by atoms with E-state index in [1.807, 2.05) is 32.0 Å². The van der Waals surface area contributed by atoms with Gasteiger partial charge in [-0.15, -0.1) is 0 Å². The SMILES string of the molecule is CCOc1ccc(CC(NC)C(=O)O)cc1C. The second-order valence-electron chi connectivity index (χ2n) is 3.92. The van der Waals surface area contributed by atoms with Gasteiger partial charge in [0.25, 0.3) is 0 Å². The summed E-state index contributed by atoms with van der Waals surface area (Å²) in [7, 11) is 1.65. The zero-order valence-electron chi connectivity index (χ0n) is 10.5. The Labute approximate surface area is 102 Å². The predicted molar refractivity (Wildman–Crippen MR) is 66.5 cm³/mol. The molecule has 1 rings (SSSR count). The van der Waals surface area contributed by atoms with Crippen LogP contribution in [0, 0.1) is 6.92 Å². The molecule has 1 atom stereocenters. The van der Waals surface area contributed by atoms with Gasteiger partial charge in [-0.25, -0.2) is 0 Å². The predicted octanol–water partition coefficient (Wildman–Crippen LogP) is 1.61. The first-order chi connectivity index (χ1) is 8.08. The van der Waals surface area contributed by atoms with E-state index in [4.69, 9.17) is 9.84 Å². The molecule has 0 amide bonds. The molecule has 17 heavy (non-hydrogen) atoms. The molecular weight excluding hydrogens is 218 g/mol. The number of aryl methyl sites for hydroxylation is 1. The highest BCUT2D eigenvalue weighted by Gasteiger charge is 2.15. The fourth-order valence-electron chi connectivity index (χ4n) is 1.70. The molecule has 0 radical (unpaired) electrons. The second kappa shape index (κ2) is 6.25. The van der Waals surface area contributed by atoms with E-state index in [2.05, 4.69) is 5.32 Å². The molecule has 0 heterocycles. The van der Waals surface area contributed by atoms with Crippen LogP contribution >= 0.6 is 0 Å². The number of carboxylic acid groups (broad SMARTS) is 1. The highest BCUT2D eigenvalue weighted by atomic mass is 16.5. The molecule has 0 aliphatic rings. The maximum absolute atomic E-state index is 10.9. The molecule has 94 valence electrons. The molecule has 0 aliphatic carbocycles. The van der Waals surface area contributed by atoms with E-state index in [1.54, 1.807) is 7.05 Å². The lowest BCUT2D eigenvalue weighted by molar-refractivity contribution is -0.139. The van der Waals surface area contributed by atoms with Gasteiger partial charge in [-0.1, -0.05) is 12.1 Å². The Balaban J connectivity index is 2.79. The van der Waals surface area contributed by atoms with Crippen molar-refractivity contribution in [3.63, 3.8) is 0 Å². The van der Waals surface area contributed by atoms with E-state index in [-0.39, 0.29) is 0 Å². The summed E-state index contributed by atoms with van der Waals surface area (Å²) in [6.45, 7) is 4.53. The van der Waals surface area contributed by atoms with Crippen molar-refractivity contribution in [3.8, 4) is 5.75 Å². The van der Waals surface area contributed by atoms with Gasteiger partial charge in [0.1, 0.15) is 11.8 Å². The minimum atomic E-state index is -0.834. The van der Waals surface area contributed by atoms with Gasteiger partial charge in [0, 0.05) is 0 Å². The van der Waals surface area contributed by atoms with Crippen molar-refractivity contribution in [2.24, 2.45) is 0 Å². The van der Waals surface area contributed by atoms with Crippen LogP contribution in [0.15, 0.2) is 18.2 Å². The summed E-state index contributed by atoms with van der Waals surface area (Å²) < 4.78 is 5.44. The summed E-state index contributed by atoms with van der Waals surface area (Å²) in [5.41, 5.74) is 2.03. The maximum atomic E-state index is 10.9. The number of benzene rings is 1. The summed E-state index contributed by atoms with van der Waals surface area (Å²) in [4.78, 5) is 10.9. The number of ether oxygens (including phenoxy) is 1. The van der Waals surface area contributed by atoms with Crippen LogP contribution in [0.1, 0.15) is 18.1 Å². The van der Waals surface area contributed by atoms with Crippen LogP contribution in [-0.4, -0.2) is 30.8 Å². The molecule has 0 fully saturated rings. The van der Waals surface area contributed by atoms with E-state index < -0.39 is 12.0 Å². The number of rotatable bonds is 6. The highest BCUT2D eigenvalue weighted by Crippen LogP contribution is 2.19. The van der Waals surface area contributed by atoms with E-state index >= 15 is 0 Å². The molecule has 0 aromatic heterocycles. The fraction of sp³-hybridized carbons (Fsp3) is 0.462. The minimum Gasteiger partial charge on any atom is -0.494 e. The summed E-state index contributed by atoms with van der Waals surface area (Å²) in [5, 5.41) is 11.7.